The van der Waals surface area contributed by atoms with Gasteiger partial charge >= 0.3 is 0 Å². The summed E-state index contributed by atoms with van der Waals surface area (Å²) in [4.78, 5) is 0. The van der Waals surface area contributed by atoms with Crippen molar-refractivity contribution in [2.75, 3.05) is 0 Å². The first-order chi connectivity index (χ1) is 6.19. The molecule has 0 aromatic heterocycles. The number of hydrogen-bond acceptors (Lipinski definition) is 1. The van der Waals surface area contributed by atoms with Crippen LogP contribution >= 0.6 is 0 Å². The SMILES string of the molecule is CCc1ccc(CC)c([C@H](C)N)c1. The molecule has 1 nitrogen and oxygen atoms in total. The summed E-state index contributed by atoms with van der Waals surface area (Å²) < 4.78 is 0. The van der Waals surface area contributed by atoms with E-state index in [-0.39, 0.29) is 6.04 Å². The van der Waals surface area contributed by atoms with Crippen LogP contribution in [0.2, 0.25) is 0 Å². The summed E-state index contributed by atoms with van der Waals surface area (Å²) in [6.45, 7) is 6.40. The fourth-order valence-electron chi connectivity index (χ4n) is 1.61. The van der Waals surface area contributed by atoms with Crippen LogP contribution in [0.1, 0.15) is 43.5 Å². The lowest BCUT2D eigenvalue weighted by Crippen LogP contribution is -2.08. The van der Waals surface area contributed by atoms with Crippen LogP contribution in [0.15, 0.2) is 18.2 Å². The van der Waals surface area contributed by atoms with E-state index in [0.29, 0.717) is 0 Å². The fraction of sp³-hybridized carbons (Fsp3) is 0.500. The lowest BCUT2D eigenvalue weighted by molar-refractivity contribution is 0.798. The molecule has 0 unspecified atom stereocenters. The van der Waals surface area contributed by atoms with Crippen LogP contribution in [0, 0.1) is 0 Å². The van der Waals surface area contributed by atoms with Crippen LogP contribution in [-0.2, 0) is 12.8 Å². The molecule has 0 spiro atoms. The Hall–Kier alpha value is -0.820. The van der Waals surface area contributed by atoms with Crippen molar-refractivity contribution in [1.29, 1.82) is 0 Å². The maximum Gasteiger partial charge on any atom is 0.0268 e. The van der Waals surface area contributed by atoms with Crippen molar-refractivity contribution in [3.63, 3.8) is 0 Å². The molecule has 1 atom stereocenters. The van der Waals surface area contributed by atoms with Crippen LogP contribution in [-0.4, -0.2) is 0 Å². The lowest BCUT2D eigenvalue weighted by Gasteiger charge is -2.12. The molecule has 1 rings (SSSR count). The molecule has 0 radical (unpaired) electrons. The number of benzene rings is 1. The van der Waals surface area contributed by atoms with Gasteiger partial charge in [0.15, 0.2) is 0 Å². The summed E-state index contributed by atoms with van der Waals surface area (Å²) in [6, 6.07) is 6.80. The van der Waals surface area contributed by atoms with Gasteiger partial charge in [-0.1, -0.05) is 32.0 Å². The van der Waals surface area contributed by atoms with Gasteiger partial charge in [-0.25, -0.2) is 0 Å². The van der Waals surface area contributed by atoms with E-state index in [2.05, 4.69) is 32.0 Å². The average Bonchev–Trinajstić information content (AvgIpc) is 2.16. The minimum atomic E-state index is 0.154. The van der Waals surface area contributed by atoms with Gasteiger partial charge in [0.1, 0.15) is 0 Å². The van der Waals surface area contributed by atoms with Gasteiger partial charge < -0.3 is 5.73 Å². The third-order valence-electron chi connectivity index (χ3n) is 2.49. The van der Waals surface area contributed by atoms with Crippen LogP contribution < -0.4 is 5.73 Å². The Morgan fingerprint density at radius 3 is 2.38 bits per heavy atom. The first-order valence-electron chi connectivity index (χ1n) is 5.06. The number of aryl methyl sites for hydroxylation is 2. The van der Waals surface area contributed by atoms with Gasteiger partial charge in [0.2, 0.25) is 0 Å². The third-order valence-corrected chi connectivity index (χ3v) is 2.49. The van der Waals surface area contributed by atoms with E-state index in [0.717, 1.165) is 12.8 Å². The summed E-state index contributed by atoms with van der Waals surface area (Å²) in [5.74, 6) is 0. The van der Waals surface area contributed by atoms with E-state index in [1.165, 1.54) is 16.7 Å². The largest absolute Gasteiger partial charge is 0.324 e. The Balaban J connectivity index is 3.10. The van der Waals surface area contributed by atoms with Crippen molar-refractivity contribution in [3.8, 4) is 0 Å². The molecular formula is C12H19N. The predicted molar refractivity (Wildman–Crippen MR) is 57.8 cm³/mol. The van der Waals surface area contributed by atoms with E-state index in [4.69, 9.17) is 5.73 Å². The highest BCUT2D eigenvalue weighted by molar-refractivity contribution is 5.34. The molecule has 0 saturated heterocycles. The maximum atomic E-state index is 5.91. The predicted octanol–water partition coefficient (Wildman–Crippen LogP) is 2.83. The molecule has 0 fully saturated rings. The van der Waals surface area contributed by atoms with Gasteiger partial charge in [-0.05, 0) is 36.5 Å². The van der Waals surface area contributed by atoms with Gasteiger partial charge in [0.25, 0.3) is 0 Å². The van der Waals surface area contributed by atoms with Crippen LogP contribution in [0.4, 0.5) is 0 Å². The first kappa shape index (κ1) is 10.3. The minimum absolute atomic E-state index is 0.154. The summed E-state index contributed by atoms with van der Waals surface area (Å²) in [5, 5.41) is 0. The Morgan fingerprint density at radius 1 is 1.23 bits per heavy atom. The van der Waals surface area contributed by atoms with Crippen molar-refractivity contribution < 1.29 is 0 Å². The van der Waals surface area contributed by atoms with Gasteiger partial charge in [0, 0.05) is 6.04 Å². The summed E-state index contributed by atoms with van der Waals surface area (Å²) >= 11 is 0. The second-order valence-corrected chi connectivity index (χ2v) is 3.53. The maximum absolute atomic E-state index is 5.91. The molecule has 2 N–H and O–H groups in total. The smallest absolute Gasteiger partial charge is 0.0268 e. The zero-order chi connectivity index (χ0) is 9.84. The van der Waals surface area contributed by atoms with E-state index in [1.807, 2.05) is 6.92 Å². The van der Waals surface area contributed by atoms with Gasteiger partial charge in [-0.15, -0.1) is 0 Å². The van der Waals surface area contributed by atoms with Crippen LogP contribution in [0.5, 0.6) is 0 Å². The average molecular weight is 177 g/mol. The molecule has 0 saturated carbocycles. The highest BCUT2D eigenvalue weighted by Crippen LogP contribution is 2.18. The molecule has 13 heavy (non-hydrogen) atoms. The highest BCUT2D eigenvalue weighted by Gasteiger charge is 2.05. The Labute approximate surface area is 81.0 Å². The molecule has 0 amide bonds. The quantitative estimate of drug-likeness (QED) is 0.755. The Kier molecular flexibility index (Phi) is 3.49. The van der Waals surface area contributed by atoms with Crippen molar-refractivity contribution in [3.05, 3.63) is 34.9 Å². The van der Waals surface area contributed by atoms with Gasteiger partial charge in [-0.3, -0.25) is 0 Å². The second kappa shape index (κ2) is 4.43. The van der Waals surface area contributed by atoms with Crippen molar-refractivity contribution in [2.24, 2.45) is 5.73 Å². The summed E-state index contributed by atoms with van der Waals surface area (Å²) in [7, 11) is 0. The molecule has 0 aliphatic rings. The molecule has 1 aromatic carbocycles. The van der Waals surface area contributed by atoms with E-state index in [1.54, 1.807) is 0 Å². The molecule has 0 heterocycles. The lowest BCUT2D eigenvalue weighted by atomic mass is 9.97. The Morgan fingerprint density at radius 2 is 1.92 bits per heavy atom. The number of hydrogen-bond donors (Lipinski definition) is 1. The number of nitrogens with two attached hydrogens (primary N) is 1. The van der Waals surface area contributed by atoms with E-state index >= 15 is 0 Å². The molecule has 0 aliphatic carbocycles. The van der Waals surface area contributed by atoms with Gasteiger partial charge in [-0.2, -0.15) is 0 Å². The highest BCUT2D eigenvalue weighted by atomic mass is 14.6. The molecule has 0 bridgehead atoms. The molecule has 0 aliphatic heterocycles. The molecule has 72 valence electrons. The zero-order valence-electron chi connectivity index (χ0n) is 8.80. The topological polar surface area (TPSA) is 26.0 Å². The second-order valence-electron chi connectivity index (χ2n) is 3.53. The third kappa shape index (κ3) is 2.31. The number of rotatable bonds is 3. The Bertz CT molecular complexity index is 276. The van der Waals surface area contributed by atoms with Crippen LogP contribution in [0.3, 0.4) is 0 Å². The van der Waals surface area contributed by atoms with Crippen molar-refractivity contribution >= 4 is 0 Å². The minimum Gasteiger partial charge on any atom is -0.324 e. The van der Waals surface area contributed by atoms with E-state index < -0.39 is 0 Å². The van der Waals surface area contributed by atoms with Crippen LogP contribution in [0.25, 0.3) is 0 Å². The molecular weight excluding hydrogens is 158 g/mol. The fourth-order valence-corrected chi connectivity index (χ4v) is 1.61. The van der Waals surface area contributed by atoms with Gasteiger partial charge in [0.05, 0.1) is 0 Å². The normalized spacial score (nSPS) is 12.9. The standard InChI is InChI=1S/C12H19N/c1-4-10-6-7-11(5-2)12(8-10)9(3)13/h6-9H,4-5,13H2,1-3H3/t9-/m0/s1. The summed E-state index contributed by atoms with van der Waals surface area (Å²) in [6.07, 6.45) is 2.16. The zero-order valence-corrected chi connectivity index (χ0v) is 8.80. The van der Waals surface area contributed by atoms with E-state index in [9.17, 15) is 0 Å². The first-order valence-corrected chi connectivity index (χ1v) is 5.06. The van der Waals surface area contributed by atoms with Crippen molar-refractivity contribution in [2.45, 2.75) is 39.7 Å². The monoisotopic (exact) mass is 177 g/mol. The van der Waals surface area contributed by atoms with Crippen molar-refractivity contribution in [1.82, 2.24) is 0 Å². The molecule has 1 aromatic rings. The summed E-state index contributed by atoms with van der Waals surface area (Å²) in [5.41, 5.74) is 9.98. The molecule has 1 heteroatoms.